The van der Waals surface area contributed by atoms with E-state index in [-0.39, 0.29) is 86.6 Å². The summed E-state index contributed by atoms with van der Waals surface area (Å²) >= 11 is 0. The molecule has 18 heteroatoms. The smallest absolute Gasteiger partial charge is 0.334 e. The van der Waals surface area contributed by atoms with Gasteiger partial charge < -0.3 is 56.8 Å². The zero-order valence-electron chi connectivity index (χ0n) is 37.1. The van der Waals surface area contributed by atoms with E-state index in [1.165, 1.54) is 18.6 Å². The average molecular weight is 927 g/mol. The van der Waals surface area contributed by atoms with E-state index >= 15 is 0 Å². The summed E-state index contributed by atoms with van der Waals surface area (Å²) in [5.41, 5.74) is -0.602. The molecular formula is C45H66O16S2. The zero-order valence-corrected chi connectivity index (χ0v) is 38.7. The van der Waals surface area contributed by atoms with E-state index in [1.807, 2.05) is 21.6 Å². The lowest BCUT2D eigenvalue weighted by Crippen LogP contribution is -2.70. The first-order valence-electron chi connectivity index (χ1n) is 23.2. The third-order valence-electron chi connectivity index (χ3n) is 14.4. The van der Waals surface area contributed by atoms with Gasteiger partial charge in [-0.25, -0.2) is 4.79 Å². The van der Waals surface area contributed by atoms with Crippen molar-refractivity contribution in [3.63, 3.8) is 0 Å². The van der Waals surface area contributed by atoms with Gasteiger partial charge in [0.15, 0.2) is 11.7 Å². The third-order valence-corrected chi connectivity index (χ3v) is 17.4. The Labute approximate surface area is 378 Å². The Morgan fingerprint density at radius 1 is 0.746 bits per heavy atom. The molecule has 354 valence electrons. The molecule has 5 heterocycles. The van der Waals surface area contributed by atoms with Crippen molar-refractivity contribution in [3.8, 4) is 0 Å². The molecule has 3 aliphatic carbocycles. The van der Waals surface area contributed by atoms with Crippen LogP contribution in [0, 0.1) is 17.3 Å². The summed E-state index contributed by atoms with van der Waals surface area (Å²) in [4.78, 5) is 50.2. The Hall–Kier alpha value is -2.00. The van der Waals surface area contributed by atoms with Crippen LogP contribution in [0.4, 0.5) is 0 Å². The summed E-state index contributed by atoms with van der Waals surface area (Å²) < 4.78 is 69.8. The second kappa shape index (κ2) is 20.9. The van der Waals surface area contributed by atoms with Crippen LogP contribution < -0.4 is 0 Å². The van der Waals surface area contributed by atoms with Crippen molar-refractivity contribution < 1.29 is 76.0 Å². The van der Waals surface area contributed by atoms with Crippen molar-refractivity contribution in [2.24, 2.45) is 17.3 Å². The van der Waals surface area contributed by atoms with Crippen molar-refractivity contribution in [1.29, 1.82) is 0 Å². The molecule has 6 fully saturated rings. The van der Waals surface area contributed by atoms with Crippen molar-refractivity contribution in [2.75, 3.05) is 91.6 Å². The van der Waals surface area contributed by atoms with E-state index in [0.717, 1.165) is 35.7 Å². The molecule has 0 aromatic rings. The topological polar surface area (TPSA) is 189 Å². The van der Waals surface area contributed by atoms with Crippen molar-refractivity contribution in [3.05, 3.63) is 11.1 Å². The number of unbranched alkanes of at least 4 members (excludes halogenated alkanes) is 1. The molecular weight excluding hydrogens is 861 g/mol. The van der Waals surface area contributed by atoms with Crippen LogP contribution in [0.3, 0.4) is 0 Å². The van der Waals surface area contributed by atoms with E-state index in [2.05, 4.69) is 20.8 Å². The lowest BCUT2D eigenvalue weighted by atomic mass is 9.46. The van der Waals surface area contributed by atoms with E-state index in [1.54, 1.807) is 0 Å². The Morgan fingerprint density at radius 2 is 1.35 bits per heavy atom. The Morgan fingerprint density at radius 3 is 1.95 bits per heavy atom. The molecule has 4 saturated heterocycles. The fourth-order valence-corrected chi connectivity index (χ4v) is 14.2. The summed E-state index contributed by atoms with van der Waals surface area (Å²) in [5, 5.41) is 0.748. The van der Waals surface area contributed by atoms with Gasteiger partial charge in [-0.1, -0.05) is 48.8 Å². The number of carbonyl (C=O) groups excluding carboxylic acids is 4. The molecule has 2 spiro atoms. The molecule has 8 aliphatic rings. The van der Waals surface area contributed by atoms with Gasteiger partial charge in [-0.2, -0.15) is 0 Å². The first-order valence-corrected chi connectivity index (χ1v) is 25.6. The van der Waals surface area contributed by atoms with Crippen molar-refractivity contribution >= 4 is 45.5 Å². The van der Waals surface area contributed by atoms with Gasteiger partial charge in [-0.15, -0.1) is 0 Å². The Bertz CT molecular complexity index is 1670. The van der Waals surface area contributed by atoms with Crippen LogP contribution in [0.2, 0.25) is 0 Å². The van der Waals surface area contributed by atoms with Gasteiger partial charge in [0.05, 0.1) is 72.2 Å². The van der Waals surface area contributed by atoms with E-state index < -0.39 is 34.8 Å². The maximum atomic E-state index is 13.5. The second-order valence-electron chi connectivity index (χ2n) is 18.3. The van der Waals surface area contributed by atoms with Gasteiger partial charge in [-0.05, 0) is 62.4 Å². The van der Waals surface area contributed by atoms with Crippen molar-refractivity contribution in [2.45, 2.75) is 138 Å². The minimum absolute atomic E-state index is 0.0537. The lowest BCUT2D eigenvalue weighted by Gasteiger charge is -2.53. The number of esters is 4. The Kier molecular flexibility index (Phi) is 15.7. The van der Waals surface area contributed by atoms with Crippen LogP contribution in [-0.4, -0.2) is 162 Å². The van der Waals surface area contributed by atoms with Crippen LogP contribution in [-0.2, 0) is 76.0 Å². The number of ether oxygens (including phenoxy) is 12. The molecule has 0 aromatic heterocycles. The summed E-state index contributed by atoms with van der Waals surface area (Å²) in [6, 6.07) is 0. The van der Waals surface area contributed by atoms with E-state index in [9.17, 15) is 19.2 Å². The van der Waals surface area contributed by atoms with Gasteiger partial charge in [0.25, 0.3) is 0 Å². The highest BCUT2D eigenvalue weighted by Crippen LogP contribution is 2.83. The van der Waals surface area contributed by atoms with Gasteiger partial charge in [0, 0.05) is 41.3 Å². The van der Waals surface area contributed by atoms with Gasteiger partial charge in [-0.3, -0.25) is 14.4 Å². The predicted molar refractivity (Wildman–Crippen MR) is 228 cm³/mol. The predicted octanol–water partition coefficient (Wildman–Crippen LogP) is 4.71. The van der Waals surface area contributed by atoms with Gasteiger partial charge >= 0.3 is 23.9 Å². The number of cyclic esters (lactones) is 1. The summed E-state index contributed by atoms with van der Waals surface area (Å²) in [7, 11) is 3.92. The van der Waals surface area contributed by atoms with Crippen LogP contribution in [0.1, 0.15) is 91.4 Å². The van der Waals surface area contributed by atoms with Crippen LogP contribution in [0.25, 0.3) is 0 Å². The van der Waals surface area contributed by atoms with E-state index in [0.29, 0.717) is 85.3 Å². The molecule has 0 radical (unpaired) electrons. The molecule has 0 amide bonds. The fourth-order valence-electron chi connectivity index (χ4n) is 11.2. The highest BCUT2D eigenvalue weighted by Gasteiger charge is 3.01. The molecule has 1 unspecified atom stereocenters. The Balaban J connectivity index is 0.613. The number of hydrogen-bond acceptors (Lipinski definition) is 18. The first-order chi connectivity index (χ1) is 30.6. The molecule has 10 atom stereocenters. The van der Waals surface area contributed by atoms with Gasteiger partial charge in [0.1, 0.15) is 43.2 Å². The van der Waals surface area contributed by atoms with Crippen LogP contribution in [0.5, 0.6) is 0 Å². The molecule has 2 saturated carbocycles. The molecule has 0 aromatic carbocycles. The van der Waals surface area contributed by atoms with E-state index in [4.69, 9.17) is 56.8 Å². The largest absolute Gasteiger partial charge is 0.463 e. The molecule has 16 nitrogen and oxygen atoms in total. The number of carbonyl (C=O) groups is 4. The van der Waals surface area contributed by atoms with Gasteiger partial charge in [0.2, 0.25) is 0 Å². The average Bonchev–Trinajstić information content (AvgIpc) is 4.21. The fraction of sp³-hybridized carbons (Fsp3) is 0.867. The maximum Gasteiger partial charge on any atom is 0.334 e. The summed E-state index contributed by atoms with van der Waals surface area (Å²) in [6.45, 7) is 11.0. The normalized spacial score (nSPS) is 35.1. The minimum Gasteiger partial charge on any atom is -0.463 e. The quantitative estimate of drug-likeness (QED) is 0.0330. The summed E-state index contributed by atoms with van der Waals surface area (Å²) in [6.07, 6.45) is 6.22. The maximum absolute atomic E-state index is 13.5. The number of epoxide rings is 3. The molecule has 63 heavy (non-hydrogen) atoms. The lowest BCUT2D eigenvalue weighted by molar-refractivity contribution is -0.169. The first kappa shape index (κ1) is 47.5. The van der Waals surface area contributed by atoms with Crippen molar-refractivity contribution in [1.82, 2.24) is 0 Å². The number of rotatable bonds is 29. The number of fused-ring (bicyclic) bond motifs is 4. The molecule has 5 aliphatic heterocycles. The highest BCUT2D eigenvalue weighted by molar-refractivity contribution is 8.77. The summed E-state index contributed by atoms with van der Waals surface area (Å²) in [5.74, 6) is 0.214. The standard InChI is InChI=1S/C45H66O16S2/c1-29(2)43-38(60-43)39-45(61-39)42(3)13-11-31-32(28-57-40(31)49)33(42)27-34-44(45,59-34)41(43)58-37(48)10-6-9-36(47)56-25-23-54-21-19-52-17-15-50-14-16-51-18-20-53-22-24-55-35(46)8-5-4-7-30-12-26-62-63-30/h29-30,33-34,38-39,41H,4-28H2,1-3H3/t30?,33-,34-,38-,39-,41+,42-,43-,44+,45+/m0/s1. The SMILES string of the molecule is CC(C)[C@]12O[C@H]1[C@@H]1O[C@]13[C@]1(O[C@H]1C[C@H]1C4=C(CC[C@@]13C)C(=O)OC4)[C@@H]2OC(=O)CCCC(=O)OCCOCCOCCOCCOCCOCCOC(=O)CCCCC1CCSS1. The zero-order chi connectivity index (χ0) is 44.1. The van der Waals surface area contributed by atoms with Crippen LogP contribution >= 0.6 is 21.6 Å². The monoisotopic (exact) mass is 926 g/mol. The molecule has 0 N–H and O–H groups in total. The number of hydrogen-bond donors (Lipinski definition) is 0. The second-order valence-corrected chi connectivity index (χ2v) is 21.1. The molecule has 8 rings (SSSR count). The van der Waals surface area contributed by atoms with Crippen LogP contribution in [0.15, 0.2) is 11.1 Å². The third kappa shape index (κ3) is 9.73. The molecule has 0 bridgehead atoms. The minimum atomic E-state index is -0.810. The highest BCUT2D eigenvalue weighted by atomic mass is 33.1.